The molecule has 2 aliphatic heterocycles. The summed E-state index contributed by atoms with van der Waals surface area (Å²) in [5, 5.41) is 1.25. The first-order valence-corrected chi connectivity index (χ1v) is 8.76. The third-order valence-corrected chi connectivity index (χ3v) is 5.98. The largest absolute Gasteiger partial charge is 0.465 e. The van der Waals surface area contributed by atoms with Crippen LogP contribution in [0.25, 0.3) is 10.9 Å². The molecule has 3 heterocycles. The van der Waals surface area contributed by atoms with Crippen molar-refractivity contribution in [3.05, 3.63) is 35.5 Å². The Kier molecular flexibility index (Phi) is 2.71. The standard InChI is InChI=1S/C19H20N2O3/c1-2-24-18(23)19-10-13(19)16-15-12(7-5-9-21(16)17(19)22)11-6-3-4-8-14(11)20-15/h3-4,6,8,13,16,20H,2,5,7,9-10H2,1H3/t13-,16+,19+/m0/s1. The summed E-state index contributed by atoms with van der Waals surface area (Å²) >= 11 is 0. The Morgan fingerprint density at radius 2 is 2.25 bits per heavy atom. The first-order chi connectivity index (χ1) is 11.7. The molecule has 5 nitrogen and oxygen atoms in total. The number of aromatic nitrogens is 1. The zero-order chi connectivity index (χ0) is 16.5. The van der Waals surface area contributed by atoms with Gasteiger partial charge in [-0.3, -0.25) is 9.59 Å². The number of para-hydroxylation sites is 1. The molecule has 0 radical (unpaired) electrons. The number of ether oxygens (including phenoxy) is 1. The van der Waals surface area contributed by atoms with Crippen LogP contribution in [0.3, 0.4) is 0 Å². The number of hydrogen-bond donors (Lipinski definition) is 1. The lowest BCUT2D eigenvalue weighted by Gasteiger charge is -2.25. The maximum Gasteiger partial charge on any atom is 0.322 e. The minimum atomic E-state index is -0.910. The maximum absolute atomic E-state index is 13.0. The molecule has 0 bridgehead atoms. The zero-order valence-electron chi connectivity index (χ0n) is 13.7. The van der Waals surface area contributed by atoms with E-state index >= 15 is 0 Å². The van der Waals surface area contributed by atoms with Crippen molar-refractivity contribution in [2.45, 2.75) is 32.2 Å². The SMILES string of the molecule is CCOC(=O)[C@]12C[C@H]1[C@@H]1c3[nH]c4ccccc4c3CCCN1C2=O. The molecule has 2 fully saturated rings. The van der Waals surface area contributed by atoms with Gasteiger partial charge in [-0.25, -0.2) is 0 Å². The van der Waals surface area contributed by atoms with E-state index in [9.17, 15) is 9.59 Å². The number of aryl methyl sites for hydroxylation is 1. The van der Waals surface area contributed by atoms with Crippen LogP contribution in [0, 0.1) is 11.3 Å². The topological polar surface area (TPSA) is 62.4 Å². The first-order valence-electron chi connectivity index (χ1n) is 8.76. The van der Waals surface area contributed by atoms with Gasteiger partial charge in [0.15, 0.2) is 5.41 Å². The van der Waals surface area contributed by atoms with Crippen LogP contribution >= 0.6 is 0 Å². The molecule has 1 aromatic heterocycles. The summed E-state index contributed by atoms with van der Waals surface area (Å²) < 4.78 is 5.23. The number of carbonyl (C=O) groups is 2. The van der Waals surface area contributed by atoms with Crippen molar-refractivity contribution in [1.29, 1.82) is 0 Å². The number of piperidine rings is 1. The van der Waals surface area contributed by atoms with Crippen LogP contribution in [0.15, 0.2) is 24.3 Å². The number of fused-ring (bicyclic) bond motifs is 7. The van der Waals surface area contributed by atoms with E-state index in [1.807, 2.05) is 11.0 Å². The zero-order valence-corrected chi connectivity index (χ0v) is 13.7. The molecule has 124 valence electrons. The summed E-state index contributed by atoms with van der Waals surface area (Å²) in [5.74, 6) is -0.304. The summed E-state index contributed by atoms with van der Waals surface area (Å²) in [4.78, 5) is 30.9. The third kappa shape index (κ3) is 1.55. The number of carbonyl (C=O) groups excluding carboxylic acids is 2. The molecule has 1 amide bonds. The molecule has 3 atom stereocenters. The molecule has 0 spiro atoms. The highest BCUT2D eigenvalue weighted by Gasteiger charge is 2.76. The first kappa shape index (κ1) is 14.1. The van der Waals surface area contributed by atoms with Gasteiger partial charge >= 0.3 is 5.97 Å². The number of hydrogen-bond acceptors (Lipinski definition) is 3. The Morgan fingerprint density at radius 1 is 1.42 bits per heavy atom. The van der Waals surface area contributed by atoms with E-state index in [0.717, 1.165) is 30.6 Å². The van der Waals surface area contributed by atoms with Crippen molar-refractivity contribution in [3.8, 4) is 0 Å². The normalized spacial score (nSPS) is 30.5. The van der Waals surface area contributed by atoms with Gasteiger partial charge in [0, 0.05) is 29.1 Å². The Bertz CT molecular complexity index is 871. The van der Waals surface area contributed by atoms with Crippen molar-refractivity contribution in [1.82, 2.24) is 9.88 Å². The van der Waals surface area contributed by atoms with Crippen molar-refractivity contribution in [3.63, 3.8) is 0 Å². The predicted octanol–water partition coefficient (Wildman–Crippen LogP) is 2.57. The summed E-state index contributed by atoms with van der Waals surface area (Å²) in [6, 6.07) is 8.29. The molecule has 3 aliphatic rings. The number of nitrogens with zero attached hydrogens (tertiary/aromatic N) is 1. The van der Waals surface area contributed by atoms with E-state index < -0.39 is 5.41 Å². The maximum atomic E-state index is 13.0. The molecule has 24 heavy (non-hydrogen) atoms. The highest BCUT2D eigenvalue weighted by Crippen LogP contribution is 2.67. The lowest BCUT2D eigenvalue weighted by atomic mass is 9.99. The summed E-state index contributed by atoms with van der Waals surface area (Å²) in [7, 11) is 0. The van der Waals surface area contributed by atoms with Crippen LogP contribution in [0.2, 0.25) is 0 Å². The van der Waals surface area contributed by atoms with Crippen molar-refractivity contribution in [2.24, 2.45) is 11.3 Å². The molecule has 1 saturated carbocycles. The molecule has 0 unspecified atom stereocenters. The lowest BCUT2D eigenvalue weighted by Crippen LogP contribution is -2.37. The Morgan fingerprint density at radius 3 is 3.08 bits per heavy atom. The quantitative estimate of drug-likeness (QED) is 0.682. The lowest BCUT2D eigenvalue weighted by molar-refractivity contribution is -0.155. The average molecular weight is 324 g/mol. The molecule has 1 aromatic carbocycles. The van der Waals surface area contributed by atoms with E-state index in [-0.39, 0.29) is 23.8 Å². The van der Waals surface area contributed by atoms with Crippen molar-refractivity contribution >= 4 is 22.8 Å². The number of H-pyrrole nitrogens is 1. The van der Waals surface area contributed by atoms with Gasteiger partial charge in [-0.15, -0.1) is 0 Å². The molecular formula is C19H20N2O3. The van der Waals surface area contributed by atoms with E-state index in [1.54, 1.807) is 6.92 Å². The third-order valence-electron chi connectivity index (χ3n) is 5.98. The number of benzene rings is 1. The van der Waals surface area contributed by atoms with Gasteiger partial charge in [-0.05, 0) is 37.8 Å². The second kappa shape index (κ2) is 4.62. The minimum Gasteiger partial charge on any atom is -0.465 e. The van der Waals surface area contributed by atoms with Gasteiger partial charge in [0.25, 0.3) is 0 Å². The average Bonchev–Trinajstić information content (AvgIpc) is 3.21. The van der Waals surface area contributed by atoms with Crippen LogP contribution in [0.5, 0.6) is 0 Å². The van der Waals surface area contributed by atoms with Crippen LogP contribution in [0.4, 0.5) is 0 Å². The number of amides is 1. The van der Waals surface area contributed by atoms with E-state index in [2.05, 4.69) is 23.2 Å². The van der Waals surface area contributed by atoms with Gasteiger partial charge in [-0.2, -0.15) is 0 Å². The fourth-order valence-electron chi connectivity index (χ4n) is 4.86. The number of nitrogens with one attached hydrogen (secondary N) is 1. The van der Waals surface area contributed by atoms with E-state index in [0.29, 0.717) is 13.0 Å². The van der Waals surface area contributed by atoms with E-state index in [4.69, 9.17) is 4.74 Å². The van der Waals surface area contributed by atoms with Crippen LogP contribution in [-0.4, -0.2) is 34.9 Å². The summed E-state index contributed by atoms with van der Waals surface area (Å²) in [6.07, 6.45) is 2.53. The molecule has 1 N–H and O–H groups in total. The number of rotatable bonds is 2. The highest BCUT2D eigenvalue weighted by molar-refractivity contribution is 6.09. The molecular weight excluding hydrogens is 304 g/mol. The van der Waals surface area contributed by atoms with Crippen molar-refractivity contribution < 1.29 is 14.3 Å². The molecule has 5 rings (SSSR count). The van der Waals surface area contributed by atoms with Gasteiger partial charge in [0.1, 0.15) is 0 Å². The fourth-order valence-corrected chi connectivity index (χ4v) is 4.86. The summed E-state index contributed by atoms with van der Waals surface area (Å²) in [5.41, 5.74) is 2.66. The molecule has 1 saturated heterocycles. The Labute approximate surface area is 140 Å². The molecule has 1 aliphatic carbocycles. The predicted molar refractivity (Wildman–Crippen MR) is 88.2 cm³/mol. The van der Waals surface area contributed by atoms with Gasteiger partial charge in [0.2, 0.25) is 5.91 Å². The van der Waals surface area contributed by atoms with Crippen molar-refractivity contribution in [2.75, 3.05) is 13.2 Å². The van der Waals surface area contributed by atoms with E-state index in [1.165, 1.54) is 10.9 Å². The number of aromatic amines is 1. The monoisotopic (exact) mass is 324 g/mol. The van der Waals surface area contributed by atoms with Gasteiger partial charge < -0.3 is 14.6 Å². The Balaban J connectivity index is 1.63. The Hall–Kier alpha value is -2.30. The fraction of sp³-hybridized carbons (Fsp3) is 0.474. The van der Waals surface area contributed by atoms with Crippen LogP contribution in [0.1, 0.15) is 37.1 Å². The van der Waals surface area contributed by atoms with Gasteiger partial charge in [0.05, 0.1) is 12.6 Å². The second-order valence-corrected chi connectivity index (χ2v) is 7.11. The smallest absolute Gasteiger partial charge is 0.322 e. The minimum absolute atomic E-state index is 0.00759. The second-order valence-electron chi connectivity index (χ2n) is 7.11. The molecule has 2 aromatic rings. The summed E-state index contributed by atoms with van der Waals surface area (Å²) in [6.45, 7) is 2.83. The highest BCUT2D eigenvalue weighted by atomic mass is 16.5. The van der Waals surface area contributed by atoms with Crippen LogP contribution < -0.4 is 0 Å². The van der Waals surface area contributed by atoms with Crippen LogP contribution in [-0.2, 0) is 20.7 Å². The molecule has 5 heteroatoms. The number of esters is 1. The van der Waals surface area contributed by atoms with Gasteiger partial charge in [-0.1, -0.05) is 18.2 Å².